The third-order valence-electron chi connectivity index (χ3n) is 5.24. The first-order valence-electron chi connectivity index (χ1n) is 11.5. The lowest BCUT2D eigenvalue weighted by molar-refractivity contribution is 0.0693. The zero-order valence-electron chi connectivity index (χ0n) is 19.8. The maximum atomic E-state index is 11.1. The van der Waals surface area contributed by atoms with Gasteiger partial charge in [0, 0.05) is 16.9 Å². The number of para-hydroxylation sites is 2. The number of aromatic hydroxyl groups is 1. The maximum absolute atomic E-state index is 11.1. The van der Waals surface area contributed by atoms with E-state index in [1.165, 1.54) is 12.1 Å². The molecule has 0 aliphatic heterocycles. The van der Waals surface area contributed by atoms with E-state index in [0.29, 0.717) is 29.0 Å². The number of nitrogens with zero attached hydrogens (tertiary/aromatic N) is 5. The van der Waals surface area contributed by atoms with Crippen molar-refractivity contribution in [2.24, 2.45) is 10.2 Å². The molecular formula is C27H21N7O4. The normalized spacial score (nSPS) is 10.9. The fourth-order valence-corrected chi connectivity index (χ4v) is 3.47. The highest BCUT2D eigenvalue weighted by molar-refractivity contribution is 5.91. The molecule has 0 radical (unpaired) electrons. The van der Waals surface area contributed by atoms with Crippen molar-refractivity contribution in [2.75, 3.05) is 10.6 Å². The lowest BCUT2D eigenvalue weighted by Gasteiger charge is -2.08. The van der Waals surface area contributed by atoms with E-state index in [9.17, 15) is 9.90 Å². The second-order valence-corrected chi connectivity index (χ2v) is 7.97. The van der Waals surface area contributed by atoms with Crippen LogP contribution in [0.1, 0.15) is 16.1 Å². The smallest absolute Gasteiger partial charge is 0.339 e. The second kappa shape index (κ2) is 11.0. The average Bonchev–Trinajstić information content (AvgIpc) is 3.38. The molecule has 2 aromatic heterocycles. The predicted octanol–water partition coefficient (Wildman–Crippen LogP) is 6.31. The van der Waals surface area contributed by atoms with E-state index in [0.717, 1.165) is 11.4 Å². The second-order valence-electron chi connectivity index (χ2n) is 7.97. The van der Waals surface area contributed by atoms with Crippen LogP contribution in [0.25, 0.3) is 11.3 Å². The van der Waals surface area contributed by atoms with Crippen LogP contribution < -0.4 is 10.6 Å². The summed E-state index contributed by atoms with van der Waals surface area (Å²) in [6, 6.07) is 26.6. The molecule has 11 nitrogen and oxygen atoms in total. The van der Waals surface area contributed by atoms with Gasteiger partial charge in [-0.3, -0.25) is 0 Å². The number of nitrogens with one attached hydrogen (secondary N) is 2. The lowest BCUT2D eigenvalue weighted by atomic mass is 10.1. The third kappa shape index (κ3) is 5.97. The summed E-state index contributed by atoms with van der Waals surface area (Å²) >= 11 is 0. The van der Waals surface area contributed by atoms with E-state index in [-0.39, 0.29) is 23.8 Å². The Morgan fingerprint density at radius 1 is 0.816 bits per heavy atom. The van der Waals surface area contributed by atoms with Crippen LogP contribution in [0.3, 0.4) is 0 Å². The van der Waals surface area contributed by atoms with Gasteiger partial charge in [0.05, 0.1) is 0 Å². The number of azo groups is 1. The highest BCUT2D eigenvalue weighted by atomic mass is 16.4. The molecule has 0 spiro atoms. The number of furan rings is 1. The van der Waals surface area contributed by atoms with Gasteiger partial charge in [-0.25, -0.2) is 4.79 Å². The summed E-state index contributed by atoms with van der Waals surface area (Å²) in [5.41, 5.74) is 1.95. The quantitative estimate of drug-likeness (QED) is 0.168. The molecule has 0 aliphatic rings. The van der Waals surface area contributed by atoms with Crippen molar-refractivity contribution in [3.63, 3.8) is 0 Å². The summed E-state index contributed by atoms with van der Waals surface area (Å²) in [6.07, 6.45) is 0. The lowest BCUT2D eigenvalue weighted by Crippen LogP contribution is -2.03. The number of carbonyl (C=O) groups is 1. The number of carboxylic acid groups (broad SMARTS) is 1. The molecule has 0 saturated heterocycles. The molecule has 0 bridgehead atoms. The van der Waals surface area contributed by atoms with Gasteiger partial charge in [0.15, 0.2) is 0 Å². The first-order chi connectivity index (χ1) is 18.5. The Morgan fingerprint density at radius 2 is 1.45 bits per heavy atom. The number of carboxylic acids is 1. The van der Waals surface area contributed by atoms with E-state index >= 15 is 0 Å². The van der Waals surface area contributed by atoms with Gasteiger partial charge in [0.25, 0.3) is 5.95 Å². The van der Waals surface area contributed by atoms with Gasteiger partial charge in [-0.2, -0.15) is 20.1 Å². The molecule has 5 aromatic rings. The van der Waals surface area contributed by atoms with E-state index < -0.39 is 5.97 Å². The SMILES string of the molecule is O=C(O)c1ccc(-c2ccc(CN=Nc3nc(Nc4ccccc4)nc(Nc4ccccc4)n3)o2)cc1O. The van der Waals surface area contributed by atoms with Gasteiger partial charge in [0.2, 0.25) is 11.9 Å². The first kappa shape index (κ1) is 24.1. The van der Waals surface area contributed by atoms with Crippen LogP contribution in [0.5, 0.6) is 5.75 Å². The van der Waals surface area contributed by atoms with Crippen LogP contribution in [-0.2, 0) is 6.54 Å². The molecule has 0 fully saturated rings. The molecule has 0 saturated carbocycles. The number of benzene rings is 3. The number of hydrogen-bond donors (Lipinski definition) is 4. The number of rotatable bonds is 9. The van der Waals surface area contributed by atoms with E-state index in [1.807, 2.05) is 60.7 Å². The number of phenols is 1. The fourth-order valence-electron chi connectivity index (χ4n) is 3.47. The third-order valence-corrected chi connectivity index (χ3v) is 5.24. The van der Waals surface area contributed by atoms with Gasteiger partial charge in [0.1, 0.15) is 29.4 Å². The Kier molecular flexibility index (Phi) is 6.98. The van der Waals surface area contributed by atoms with Crippen molar-refractivity contribution in [3.8, 4) is 17.1 Å². The number of aromatic nitrogens is 3. The summed E-state index contributed by atoms with van der Waals surface area (Å²) in [5.74, 6) is 0.0837. The van der Waals surface area contributed by atoms with E-state index in [4.69, 9.17) is 9.52 Å². The average molecular weight is 508 g/mol. The molecule has 0 atom stereocenters. The molecule has 2 heterocycles. The zero-order chi connectivity index (χ0) is 26.3. The first-order valence-corrected chi connectivity index (χ1v) is 11.5. The van der Waals surface area contributed by atoms with Crippen LogP contribution in [0.15, 0.2) is 106 Å². The minimum atomic E-state index is -1.21. The minimum absolute atomic E-state index is 0.0952. The molecule has 4 N–H and O–H groups in total. The highest BCUT2D eigenvalue weighted by Gasteiger charge is 2.13. The Bertz CT molecular complexity index is 1530. The molecule has 38 heavy (non-hydrogen) atoms. The van der Waals surface area contributed by atoms with Crippen molar-refractivity contribution >= 4 is 35.2 Å². The standard InChI is InChI=1S/C27H21N7O4/c35-22-15-17(11-13-21(22)24(36)37)23-14-12-20(38-23)16-28-34-27-32-25(29-18-7-3-1-4-8-18)31-26(33-27)30-19-9-5-2-6-10-19/h1-15,35H,16H2,(H,36,37)(H2,29,30,31,32,33). The van der Waals surface area contributed by atoms with Crippen LogP contribution in [0.4, 0.5) is 29.2 Å². The topological polar surface area (TPSA) is 158 Å². The molecule has 0 amide bonds. The predicted molar refractivity (Wildman–Crippen MR) is 140 cm³/mol. The monoisotopic (exact) mass is 507 g/mol. The van der Waals surface area contributed by atoms with Gasteiger partial charge >= 0.3 is 5.97 Å². The van der Waals surface area contributed by atoms with Crippen molar-refractivity contribution < 1.29 is 19.4 Å². The van der Waals surface area contributed by atoms with Crippen molar-refractivity contribution in [3.05, 3.63) is 102 Å². The van der Waals surface area contributed by atoms with Gasteiger partial charge in [-0.1, -0.05) is 42.5 Å². The van der Waals surface area contributed by atoms with Crippen LogP contribution >= 0.6 is 0 Å². The summed E-state index contributed by atoms with van der Waals surface area (Å²) < 4.78 is 5.78. The number of hydrogen-bond acceptors (Lipinski definition) is 10. The summed E-state index contributed by atoms with van der Waals surface area (Å²) in [7, 11) is 0. The van der Waals surface area contributed by atoms with Crippen molar-refractivity contribution in [2.45, 2.75) is 6.54 Å². The summed E-state index contributed by atoms with van der Waals surface area (Å²) in [4.78, 5) is 24.2. The fraction of sp³-hybridized carbons (Fsp3) is 0.0370. The maximum Gasteiger partial charge on any atom is 0.339 e. The molecular weight excluding hydrogens is 486 g/mol. The van der Waals surface area contributed by atoms with Crippen molar-refractivity contribution in [1.82, 2.24) is 15.0 Å². The zero-order valence-corrected chi connectivity index (χ0v) is 19.8. The number of anilines is 4. The molecule has 11 heteroatoms. The largest absolute Gasteiger partial charge is 0.507 e. The van der Waals surface area contributed by atoms with E-state index in [1.54, 1.807) is 18.2 Å². The van der Waals surface area contributed by atoms with Crippen molar-refractivity contribution in [1.29, 1.82) is 0 Å². The minimum Gasteiger partial charge on any atom is -0.507 e. The van der Waals surface area contributed by atoms with Crippen LogP contribution in [-0.4, -0.2) is 31.1 Å². The number of aromatic carboxylic acids is 1. The molecule has 0 unspecified atom stereocenters. The Balaban J connectivity index is 1.33. The molecule has 5 rings (SSSR count). The Hall–Kier alpha value is -5.58. The van der Waals surface area contributed by atoms with Gasteiger partial charge in [-0.05, 0) is 48.5 Å². The molecule has 188 valence electrons. The Labute approximate surface area is 216 Å². The van der Waals surface area contributed by atoms with Gasteiger partial charge in [-0.15, -0.1) is 5.11 Å². The van der Waals surface area contributed by atoms with E-state index in [2.05, 4.69) is 35.8 Å². The summed E-state index contributed by atoms with van der Waals surface area (Å²) in [5, 5.41) is 33.6. The summed E-state index contributed by atoms with van der Waals surface area (Å²) in [6.45, 7) is 0.105. The van der Waals surface area contributed by atoms with Gasteiger partial charge < -0.3 is 25.3 Å². The van der Waals surface area contributed by atoms with Crippen LogP contribution in [0, 0.1) is 0 Å². The Morgan fingerprint density at radius 3 is 2.03 bits per heavy atom. The molecule has 3 aromatic carbocycles. The van der Waals surface area contributed by atoms with Crippen LogP contribution in [0.2, 0.25) is 0 Å². The molecule has 0 aliphatic carbocycles. The highest BCUT2D eigenvalue weighted by Crippen LogP contribution is 2.28.